The Balaban J connectivity index is 1.94. The van der Waals surface area contributed by atoms with Crippen molar-refractivity contribution in [2.45, 2.75) is 10.8 Å². The minimum Gasteiger partial charge on any atom is -0.461 e. The lowest BCUT2D eigenvalue weighted by Gasteiger charge is -2.09. The van der Waals surface area contributed by atoms with Crippen LogP contribution in [0.15, 0.2) is 59.0 Å². The van der Waals surface area contributed by atoms with E-state index in [1.54, 1.807) is 30.3 Å². The summed E-state index contributed by atoms with van der Waals surface area (Å²) in [5.74, 6) is -1.09. The van der Waals surface area contributed by atoms with Crippen LogP contribution in [0.25, 0.3) is 6.08 Å². The number of carbonyl (C=O) groups is 1. The van der Waals surface area contributed by atoms with Gasteiger partial charge in [0.2, 0.25) is 10.0 Å². The second-order valence-electron chi connectivity index (χ2n) is 5.42. The number of primary sulfonamides is 1. The molecule has 0 bridgehead atoms. The molecule has 0 saturated carbocycles. The van der Waals surface area contributed by atoms with Gasteiger partial charge < -0.3 is 4.74 Å². The van der Waals surface area contributed by atoms with E-state index in [2.05, 4.69) is 0 Å². The number of sulfonamides is 1. The Bertz CT molecular complexity index is 903. The van der Waals surface area contributed by atoms with Crippen LogP contribution in [-0.2, 0) is 19.6 Å². The molecule has 0 spiro atoms. The van der Waals surface area contributed by atoms with E-state index in [4.69, 9.17) is 9.88 Å². The predicted molar refractivity (Wildman–Crippen MR) is 85.9 cm³/mol. The van der Waals surface area contributed by atoms with Crippen molar-refractivity contribution in [3.63, 3.8) is 0 Å². The highest BCUT2D eigenvalue weighted by atomic mass is 32.2. The molecule has 124 valence electrons. The van der Waals surface area contributed by atoms with Gasteiger partial charge in [0.1, 0.15) is 12.4 Å². The quantitative estimate of drug-likeness (QED) is 0.681. The van der Waals surface area contributed by atoms with Crippen LogP contribution in [0.4, 0.5) is 4.39 Å². The van der Waals surface area contributed by atoms with E-state index in [-0.39, 0.29) is 23.2 Å². The summed E-state index contributed by atoms with van der Waals surface area (Å²) < 4.78 is 40.7. The van der Waals surface area contributed by atoms with E-state index in [1.165, 1.54) is 24.3 Å². The summed E-state index contributed by atoms with van der Waals surface area (Å²) in [6, 6.07) is 11.7. The zero-order chi connectivity index (χ0) is 17.3. The first-order valence-corrected chi connectivity index (χ1v) is 8.66. The lowest BCUT2D eigenvalue weighted by Crippen LogP contribution is -2.11. The van der Waals surface area contributed by atoms with Crippen molar-refractivity contribution in [1.82, 2.24) is 0 Å². The first kappa shape index (κ1) is 16.4. The molecule has 7 heteroatoms. The van der Waals surface area contributed by atoms with Crippen molar-refractivity contribution in [1.29, 1.82) is 0 Å². The van der Waals surface area contributed by atoms with Gasteiger partial charge in [-0.1, -0.05) is 24.3 Å². The maximum atomic E-state index is 13.1. The molecule has 1 aliphatic heterocycles. The molecule has 1 saturated heterocycles. The third-order valence-electron chi connectivity index (χ3n) is 3.80. The van der Waals surface area contributed by atoms with Crippen molar-refractivity contribution in [3.8, 4) is 0 Å². The Labute approximate surface area is 138 Å². The number of carbonyl (C=O) groups excluding carboxylic acids is 1. The first-order valence-electron chi connectivity index (χ1n) is 7.11. The highest BCUT2D eigenvalue weighted by Crippen LogP contribution is 2.33. The van der Waals surface area contributed by atoms with Gasteiger partial charge in [-0.25, -0.2) is 22.7 Å². The van der Waals surface area contributed by atoms with Crippen molar-refractivity contribution >= 4 is 22.1 Å². The van der Waals surface area contributed by atoms with E-state index >= 15 is 0 Å². The number of nitrogens with two attached hydrogens (primary N) is 1. The zero-order valence-corrected chi connectivity index (χ0v) is 13.3. The van der Waals surface area contributed by atoms with E-state index in [0.717, 1.165) is 5.56 Å². The SMILES string of the molecule is NS(=O)(=O)c1ccc(/C=C2/C(=O)OCC2c2ccc(F)cc2)cc1. The van der Waals surface area contributed by atoms with Gasteiger partial charge in [-0.05, 0) is 41.5 Å². The van der Waals surface area contributed by atoms with Crippen LogP contribution < -0.4 is 5.14 Å². The maximum absolute atomic E-state index is 13.1. The number of esters is 1. The lowest BCUT2D eigenvalue weighted by molar-refractivity contribution is -0.135. The zero-order valence-electron chi connectivity index (χ0n) is 12.5. The van der Waals surface area contributed by atoms with Crippen LogP contribution in [0.1, 0.15) is 17.0 Å². The molecule has 2 aromatic rings. The Kier molecular flexibility index (Phi) is 4.21. The second kappa shape index (κ2) is 6.18. The number of ether oxygens (including phenoxy) is 1. The van der Waals surface area contributed by atoms with E-state index in [0.29, 0.717) is 11.1 Å². The number of hydrogen-bond donors (Lipinski definition) is 1. The number of cyclic esters (lactones) is 1. The molecule has 1 atom stereocenters. The summed E-state index contributed by atoms with van der Waals surface area (Å²) in [7, 11) is -3.76. The number of halogens is 1. The molecule has 2 aromatic carbocycles. The van der Waals surface area contributed by atoms with Gasteiger partial charge in [0, 0.05) is 5.57 Å². The fraction of sp³-hybridized carbons (Fsp3) is 0.118. The van der Waals surface area contributed by atoms with E-state index in [9.17, 15) is 17.6 Å². The van der Waals surface area contributed by atoms with Crippen LogP contribution >= 0.6 is 0 Å². The van der Waals surface area contributed by atoms with E-state index < -0.39 is 16.0 Å². The van der Waals surface area contributed by atoms with Crippen LogP contribution in [0.2, 0.25) is 0 Å². The number of hydrogen-bond acceptors (Lipinski definition) is 4. The Morgan fingerprint density at radius 2 is 1.71 bits per heavy atom. The normalized spacial score (nSPS) is 19.5. The fourth-order valence-corrected chi connectivity index (χ4v) is 3.05. The molecule has 24 heavy (non-hydrogen) atoms. The Morgan fingerprint density at radius 1 is 1.08 bits per heavy atom. The molecular formula is C17H14FNO4S. The summed E-state index contributed by atoms with van der Waals surface area (Å²) >= 11 is 0. The van der Waals surface area contributed by atoms with Gasteiger partial charge in [0.05, 0.1) is 10.8 Å². The molecule has 1 fully saturated rings. The summed E-state index contributed by atoms with van der Waals surface area (Å²) in [6.07, 6.45) is 1.64. The third kappa shape index (κ3) is 3.37. The predicted octanol–water partition coefficient (Wildman–Crippen LogP) is 2.20. The molecule has 0 aliphatic carbocycles. The molecular weight excluding hydrogens is 333 g/mol. The van der Waals surface area contributed by atoms with Gasteiger partial charge in [0.25, 0.3) is 0 Å². The summed E-state index contributed by atoms with van der Waals surface area (Å²) in [4.78, 5) is 12.0. The van der Waals surface area contributed by atoms with Gasteiger partial charge in [-0.15, -0.1) is 0 Å². The van der Waals surface area contributed by atoms with Crippen LogP contribution in [0.5, 0.6) is 0 Å². The van der Waals surface area contributed by atoms with Crippen molar-refractivity contribution in [2.24, 2.45) is 5.14 Å². The van der Waals surface area contributed by atoms with Crippen molar-refractivity contribution in [3.05, 3.63) is 71.0 Å². The largest absolute Gasteiger partial charge is 0.461 e. The van der Waals surface area contributed by atoms with Crippen LogP contribution in [0.3, 0.4) is 0 Å². The standard InChI is InChI=1S/C17H14FNO4S/c18-13-5-3-12(4-6-13)16-10-23-17(20)15(16)9-11-1-7-14(8-2-11)24(19,21)22/h1-9,16H,10H2,(H2,19,21,22)/b15-9+. The maximum Gasteiger partial charge on any atom is 0.334 e. The smallest absolute Gasteiger partial charge is 0.334 e. The number of rotatable bonds is 3. The van der Waals surface area contributed by atoms with Gasteiger partial charge >= 0.3 is 5.97 Å². The second-order valence-corrected chi connectivity index (χ2v) is 6.98. The van der Waals surface area contributed by atoms with E-state index in [1.807, 2.05) is 0 Å². The van der Waals surface area contributed by atoms with Gasteiger partial charge in [0.15, 0.2) is 0 Å². The molecule has 5 nitrogen and oxygen atoms in total. The Morgan fingerprint density at radius 3 is 2.29 bits per heavy atom. The minimum absolute atomic E-state index is 0.00580. The molecule has 0 amide bonds. The molecule has 2 N–H and O–H groups in total. The topological polar surface area (TPSA) is 86.5 Å². The summed E-state index contributed by atoms with van der Waals surface area (Å²) in [5.41, 5.74) is 1.85. The average Bonchev–Trinajstić information content (AvgIpc) is 2.89. The molecule has 0 radical (unpaired) electrons. The van der Waals surface area contributed by atoms with Gasteiger partial charge in [-0.3, -0.25) is 0 Å². The van der Waals surface area contributed by atoms with Crippen molar-refractivity contribution in [2.75, 3.05) is 6.61 Å². The minimum atomic E-state index is -3.76. The van der Waals surface area contributed by atoms with Crippen molar-refractivity contribution < 1.29 is 22.3 Å². The molecule has 1 aliphatic rings. The molecule has 1 unspecified atom stereocenters. The lowest BCUT2D eigenvalue weighted by atomic mass is 9.92. The first-order chi connectivity index (χ1) is 11.3. The molecule has 0 aromatic heterocycles. The third-order valence-corrected chi connectivity index (χ3v) is 4.72. The molecule has 1 heterocycles. The summed E-state index contributed by atoms with van der Waals surface area (Å²) in [6.45, 7) is 0.186. The molecule has 3 rings (SSSR count). The highest BCUT2D eigenvalue weighted by molar-refractivity contribution is 7.89. The number of benzene rings is 2. The van der Waals surface area contributed by atoms with Crippen LogP contribution in [-0.4, -0.2) is 21.0 Å². The monoisotopic (exact) mass is 347 g/mol. The Hall–Kier alpha value is -2.51. The average molecular weight is 347 g/mol. The highest BCUT2D eigenvalue weighted by Gasteiger charge is 2.31. The van der Waals surface area contributed by atoms with Gasteiger partial charge in [-0.2, -0.15) is 0 Å². The summed E-state index contributed by atoms with van der Waals surface area (Å²) in [5, 5.41) is 5.05. The van der Waals surface area contributed by atoms with Crippen LogP contribution in [0, 0.1) is 5.82 Å². The fourth-order valence-electron chi connectivity index (χ4n) is 2.54.